The van der Waals surface area contributed by atoms with E-state index >= 15 is 0 Å². The fourth-order valence-corrected chi connectivity index (χ4v) is 5.11. The molecule has 0 spiro atoms. The molecule has 1 aliphatic heterocycles. The molecule has 0 aromatic heterocycles. The zero-order chi connectivity index (χ0) is 21.7. The Morgan fingerprint density at radius 2 is 1.67 bits per heavy atom. The number of rotatable bonds is 8. The first-order valence-electron chi connectivity index (χ1n) is 9.56. The Hall–Kier alpha value is -2.42. The molecule has 0 unspecified atom stereocenters. The zero-order valence-electron chi connectivity index (χ0n) is 16.5. The highest BCUT2D eigenvalue weighted by molar-refractivity contribution is 7.89. The predicted molar refractivity (Wildman–Crippen MR) is 112 cm³/mol. The van der Waals surface area contributed by atoms with Crippen molar-refractivity contribution in [2.45, 2.75) is 24.7 Å². The molecular weight excluding hydrogens is 430 g/mol. The van der Waals surface area contributed by atoms with Crippen molar-refractivity contribution in [2.75, 3.05) is 26.3 Å². The second-order valence-corrected chi connectivity index (χ2v) is 9.03. The lowest BCUT2D eigenvalue weighted by Gasteiger charge is -2.17. The van der Waals surface area contributed by atoms with Gasteiger partial charge in [-0.25, -0.2) is 13.2 Å². The van der Waals surface area contributed by atoms with Crippen LogP contribution in [0.1, 0.15) is 40.5 Å². The first-order chi connectivity index (χ1) is 14.3. The maximum atomic E-state index is 12.8. The molecule has 3 rings (SSSR count). The molecule has 1 heterocycles. The summed E-state index contributed by atoms with van der Waals surface area (Å²) in [6.45, 7) is 2.75. The number of ether oxygens (including phenoxy) is 2. The lowest BCUT2D eigenvalue weighted by Crippen LogP contribution is -2.28. The first-order valence-corrected chi connectivity index (χ1v) is 11.4. The number of ketones is 1. The average molecular weight is 452 g/mol. The zero-order valence-corrected chi connectivity index (χ0v) is 18.0. The second-order valence-electron chi connectivity index (χ2n) is 6.71. The van der Waals surface area contributed by atoms with E-state index in [0.717, 1.165) is 12.8 Å². The first kappa shape index (κ1) is 22.3. The highest BCUT2D eigenvalue weighted by Gasteiger charge is 2.30. The lowest BCUT2D eigenvalue weighted by atomic mass is 10.1. The molecule has 1 aliphatic rings. The van der Waals surface area contributed by atoms with Crippen LogP contribution in [0.25, 0.3) is 0 Å². The van der Waals surface area contributed by atoms with Gasteiger partial charge in [0.25, 0.3) is 0 Å². The summed E-state index contributed by atoms with van der Waals surface area (Å²) >= 11 is 6.08. The highest BCUT2D eigenvalue weighted by atomic mass is 35.5. The Balaban J connectivity index is 1.69. The number of benzene rings is 2. The Morgan fingerprint density at radius 1 is 1.03 bits per heavy atom. The summed E-state index contributed by atoms with van der Waals surface area (Å²) in [7, 11) is -3.79. The van der Waals surface area contributed by atoms with E-state index in [1.54, 1.807) is 24.3 Å². The smallest absolute Gasteiger partial charge is 0.338 e. The Kier molecular flexibility index (Phi) is 7.12. The van der Waals surface area contributed by atoms with Gasteiger partial charge in [-0.2, -0.15) is 4.31 Å². The summed E-state index contributed by atoms with van der Waals surface area (Å²) in [5, 5.41) is 0.0314. The van der Waals surface area contributed by atoms with Crippen LogP contribution in [-0.4, -0.2) is 50.8 Å². The minimum atomic E-state index is -3.79. The van der Waals surface area contributed by atoms with E-state index in [9.17, 15) is 18.0 Å². The van der Waals surface area contributed by atoms with E-state index in [2.05, 4.69) is 0 Å². The third-order valence-electron chi connectivity index (χ3n) is 4.67. The monoisotopic (exact) mass is 451 g/mol. The van der Waals surface area contributed by atoms with Gasteiger partial charge in [0, 0.05) is 18.7 Å². The van der Waals surface area contributed by atoms with Crippen molar-refractivity contribution in [1.82, 2.24) is 4.31 Å². The summed E-state index contributed by atoms with van der Waals surface area (Å²) in [5.41, 5.74) is 0.385. The number of hydrogen-bond acceptors (Lipinski definition) is 6. The number of esters is 1. The number of carbonyl (C=O) groups is 2. The van der Waals surface area contributed by atoms with Crippen LogP contribution in [0, 0.1) is 0 Å². The van der Waals surface area contributed by atoms with Gasteiger partial charge in [-0.1, -0.05) is 11.6 Å². The molecule has 2 aromatic rings. The van der Waals surface area contributed by atoms with Crippen molar-refractivity contribution in [3.8, 4) is 5.75 Å². The topological polar surface area (TPSA) is 90.0 Å². The van der Waals surface area contributed by atoms with Gasteiger partial charge in [0.1, 0.15) is 10.6 Å². The SMILES string of the molecule is CCOc1ccc(C(=O)COC(=O)c2ccc(Cl)c(S(=O)(=O)N3CCCC3)c2)cc1. The minimum absolute atomic E-state index is 0.0108. The highest BCUT2D eigenvalue weighted by Crippen LogP contribution is 2.28. The van der Waals surface area contributed by atoms with Crippen molar-refractivity contribution in [1.29, 1.82) is 0 Å². The van der Waals surface area contributed by atoms with Crippen LogP contribution in [0.3, 0.4) is 0 Å². The normalized spacial score (nSPS) is 14.5. The number of sulfonamides is 1. The van der Waals surface area contributed by atoms with Gasteiger partial charge in [-0.15, -0.1) is 0 Å². The fourth-order valence-electron chi connectivity index (χ4n) is 3.10. The fraction of sp³-hybridized carbons (Fsp3) is 0.333. The molecular formula is C21H22ClNO6S. The molecule has 1 saturated heterocycles. The van der Waals surface area contributed by atoms with Gasteiger partial charge in [0.15, 0.2) is 12.4 Å². The summed E-state index contributed by atoms with van der Waals surface area (Å²) < 4.78 is 37.3. The molecule has 9 heteroatoms. The number of halogens is 1. The molecule has 0 radical (unpaired) electrons. The number of nitrogens with zero attached hydrogens (tertiary/aromatic N) is 1. The number of carbonyl (C=O) groups excluding carboxylic acids is 2. The number of Topliss-reactive ketones (excluding diaryl/α,β-unsaturated/α-hetero) is 1. The van der Waals surface area contributed by atoms with Crippen molar-refractivity contribution in [3.05, 3.63) is 58.6 Å². The van der Waals surface area contributed by atoms with Gasteiger partial charge >= 0.3 is 5.97 Å². The van der Waals surface area contributed by atoms with E-state index in [-0.39, 0.29) is 21.3 Å². The van der Waals surface area contributed by atoms with Gasteiger partial charge < -0.3 is 9.47 Å². The molecule has 0 amide bonds. The standard InChI is InChI=1S/C21H22ClNO6S/c1-2-28-17-8-5-15(6-9-17)19(24)14-29-21(25)16-7-10-18(22)20(13-16)30(26,27)23-11-3-4-12-23/h5-10,13H,2-4,11-12,14H2,1H3. The molecule has 160 valence electrons. The average Bonchev–Trinajstić information content (AvgIpc) is 3.28. The largest absolute Gasteiger partial charge is 0.494 e. The van der Waals surface area contributed by atoms with Gasteiger partial charge in [-0.05, 0) is 62.2 Å². The summed E-state index contributed by atoms with van der Waals surface area (Å²) in [6.07, 6.45) is 1.57. The quantitative estimate of drug-likeness (QED) is 0.450. The van der Waals surface area contributed by atoms with Crippen LogP contribution in [-0.2, 0) is 14.8 Å². The Labute approximate surface area is 180 Å². The summed E-state index contributed by atoms with van der Waals surface area (Å²) in [6, 6.07) is 10.4. The van der Waals surface area contributed by atoms with Crippen LogP contribution >= 0.6 is 11.6 Å². The van der Waals surface area contributed by atoms with Crippen molar-refractivity contribution in [3.63, 3.8) is 0 Å². The molecule has 30 heavy (non-hydrogen) atoms. The van der Waals surface area contributed by atoms with Gasteiger partial charge in [0.05, 0.1) is 17.2 Å². The molecule has 1 fully saturated rings. The van der Waals surface area contributed by atoms with Crippen LogP contribution in [0.4, 0.5) is 0 Å². The Bertz CT molecular complexity index is 1030. The molecule has 0 atom stereocenters. The summed E-state index contributed by atoms with van der Waals surface area (Å²) in [5.74, 6) is -0.548. The van der Waals surface area contributed by atoms with Crippen LogP contribution in [0.5, 0.6) is 5.75 Å². The summed E-state index contributed by atoms with van der Waals surface area (Å²) in [4.78, 5) is 24.5. The molecule has 7 nitrogen and oxygen atoms in total. The molecule has 0 saturated carbocycles. The van der Waals surface area contributed by atoms with Gasteiger partial charge in [-0.3, -0.25) is 4.79 Å². The van der Waals surface area contributed by atoms with Crippen molar-refractivity contribution >= 4 is 33.4 Å². The van der Waals surface area contributed by atoms with E-state index in [0.29, 0.717) is 31.0 Å². The van der Waals surface area contributed by atoms with Gasteiger partial charge in [0.2, 0.25) is 10.0 Å². The van der Waals surface area contributed by atoms with E-state index in [4.69, 9.17) is 21.1 Å². The Morgan fingerprint density at radius 3 is 2.30 bits per heavy atom. The molecule has 0 aliphatic carbocycles. The van der Waals surface area contributed by atoms with Crippen LogP contribution in [0.2, 0.25) is 5.02 Å². The van der Waals surface area contributed by atoms with E-state index < -0.39 is 22.6 Å². The second kappa shape index (κ2) is 9.59. The maximum absolute atomic E-state index is 12.8. The minimum Gasteiger partial charge on any atom is -0.494 e. The van der Waals surface area contributed by atoms with Crippen molar-refractivity contribution in [2.24, 2.45) is 0 Å². The third-order valence-corrected chi connectivity index (χ3v) is 7.05. The predicted octanol–water partition coefficient (Wildman–Crippen LogP) is 3.56. The molecule has 0 bridgehead atoms. The van der Waals surface area contributed by atoms with E-state index in [1.165, 1.54) is 22.5 Å². The van der Waals surface area contributed by atoms with Crippen LogP contribution in [0.15, 0.2) is 47.4 Å². The molecule has 2 aromatic carbocycles. The number of hydrogen-bond donors (Lipinski definition) is 0. The molecule has 0 N–H and O–H groups in total. The third kappa shape index (κ3) is 5.00. The van der Waals surface area contributed by atoms with E-state index in [1.807, 2.05) is 6.92 Å². The lowest BCUT2D eigenvalue weighted by molar-refractivity contribution is 0.0474. The maximum Gasteiger partial charge on any atom is 0.338 e. The van der Waals surface area contributed by atoms with Crippen molar-refractivity contribution < 1.29 is 27.5 Å². The van der Waals surface area contributed by atoms with Crippen LogP contribution < -0.4 is 4.74 Å².